The van der Waals surface area contributed by atoms with Gasteiger partial charge >= 0.3 is 5.97 Å². The van der Waals surface area contributed by atoms with Gasteiger partial charge in [-0.2, -0.15) is 0 Å². The Labute approximate surface area is 117 Å². The standard InChI is InChI=1S/C12H27N4O2P/c1-12(2,3)18-10(17)9(13)7-6-8-15-11(14)16-19(4)5/h9H,6-8,13H2,1-5H3,(H3,14,15,16)/t9-/m1/s1. The van der Waals surface area contributed by atoms with E-state index in [9.17, 15) is 4.79 Å². The zero-order chi connectivity index (χ0) is 15.1. The molecule has 0 heterocycles. The molecule has 0 aromatic heterocycles. The third kappa shape index (κ3) is 10.7. The zero-order valence-corrected chi connectivity index (χ0v) is 13.5. The van der Waals surface area contributed by atoms with Crippen LogP contribution in [0.3, 0.4) is 0 Å². The highest BCUT2D eigenvalue weighted by atomic mass is 31.1. The molecule has 7 heteroatoms. The van der Waals surface area contributed by atoms with Crippen molar-refractivity contribution in [1.82, 2.24) is 5.09 Å². The number of ether oxygens (including phenoxy) is 1. The Bertz CT molecular complexity index is 313. The summed E-state index contributed by atoms with van der Waals surface area (Å²) in [5.41, 5.74) is 10.9. The lowest BCUT2D eigenvalue weighted by Gasteiger charge is -2.22. The molecule has 0 radical (unpaired) electrons. The van der Waals surface area contributed by atoms with Crippen molar-refractivity contribution in [2.75, 3.05) is 19.9 Å². The van der Waals surface area contributed by atoms with Crippen LogP contribution in [0.2, 0.25) is 0 Å². The molecule has 0 unspecified atom stereocenters. The first kappa shape index (κ1) is 18.1. The van der Waals surface area contributed by atoms with Gasteiger partial charge in [-0.3, -0.25) is 9.79 Å². The number of nitrogens with two attached hydrogens (primary N) is 2. The first-order valence-corrected chi connectivity index (χ1v) is 8.58. The normalized spacial score (nSPS) is 14.4. The molecule has 1 atom stereocenters. The summed E-state index contributed by atoms with van der Waals surface area (Å²) in [5, 5.41) is 3.05. The van der Waals surface area contributed by atoms with Gasteiger partial charge in [0.25, 0.3) is 0 Å². The fraction of sp³-hybridized carbons (Fsp3) is 0.833. The summed E-state index contributed by atoms with van der Waals surface area (Å²) in [4.78, 5) is 15.8. The van der Waals surface area contributed by atoms with Crippen molar-refractivity contribution in [2.24, 2.45) is 16.5 Å². The van der Waals surface area contributed by atoms with E-state index in [1.54, 1.807) is 0 Å². The summed E-state index contributed by atoms with van der Waals surface area (Å²) in [5.74, 6) is 0.0789. The predicted molar refractivity (Wildman–Crippen MR) is 81.4 cm³/mol. The second kappa shape index (κ2) is 8.33. The molecule has 19 heavy (non-hydrogen) atoms. The number of guanidine groups is 1. The number of nitrogens with one attached hydrogen (secondary N) is 1. The Morgan fingerprint density at radius 1 is 1.42 bits per heavy atom. The van der Waals surface area contributed by atoms with Crippen LogP contribution in [0.5, 0.6) is 0 Å². The Balaban J connectivity index is 3.92. The van der Waals surface area contributed by atoms with E-state index in [-0.39, 0.29) is 14.0 Å². The van der Waals surface area contributed by atoms with E-state index in [1.165, 1.54) is 0 Å². The van der Waals surface area contributed by atoms with Gasteiger partial charge in [0, 0.05) is 6.54 Å². The quantitative estimate of drug-likeness (QED) is 0.223. The molecule has 0 saturated heterocycles. The summed E-state index contributed by atoms with van der Waals surface area (Å²) in [6.45, 7) is 10.1. The highest BCUT2D eigenvalue weighted by Crippen LogP contribution is 2.15. The van der Waals surface area contributed by atoms with Crippen molar-refractivity contribution in [2.45, 2.75) is 45.3 Å². The SMILES string of the molecule is CP(C)NC(N)=NCCC[C@@H](N)C(=O)OC(C)(C)C. The van der Waals surface area contributed by atoms with Crippen molar-refractivity contribution in [3.8, 4) is 0 Å². The van der Waals surface area contributed by atoms with Crippen molar-refractivity contribution in [1.29, 1.82) is 0 Å². The molecule has 0 fully saturated rings. The second-order valence-corrected chi connectivity index (χ2v) is 7.57. The van der Waals surface area contributed by atoms with E-state index < -0.39 is 11.6 Å². The summed E-state index contributed by atoms with van der Waals surface area (Å²) >= 11 is 0. The van der Waals surface area contributed by atoms with Gasteiger partial charge in [0.15, 0.2) is 5.96 Å². The minimum absolute atomic E-state index is 0.304. The molecular weight excluding hydrogens is 263 g/mol. The van der Waals surface area contributed by atoms with Gasteiger partial charge in [-0.25, -0.2) is 0 Å². The maximum Gasteiger partial charge on any atom is 0.323 e. The van der Waals surface area contributed by atoms with E-state index in [0.717, 1.165) is 0 Å². The lowest BCUT2D eigenvalue weighted by atomic mass is 10.1. The van der Waals surface area contributed by atoms with Gasteiger partial charge in [-0.15, -0.1) is 0 Å². The van der Waals surface area contributed by atoms with Gasteiger partial charge in [0.2, 0.25) is 0 Å². The van der Waals surface area contributed by atoms with Gasteiger partial charge in [-0.05, 0) is 55.0 Å². The third-order valence-electron chi connectivity index (χ3n) is 2.00. The van der Waals surface area contributed by atoms with E-state index in [4.69, 9.17) is 16.2 Å². The summed E-state index contributed by atoms with van der Waals surface area (Å²) in [6.07, 6.45) is 1.24. The first-order chi connectivity index (χ1) is 8.61. The number of carbonyl (C=O) groups is 1. The average molecular weight is 290 g/mol. The van der Waals surface area contributed by atoms with Crippen LogP contribution >= 0.6 is 8.07 Å². The molecule has 0 amide bonds. The maximum absolute atomic E-state index is 11.6. The fourth-order valence-electron chi connectivity index (χ4n) is 1.27. The predicted octanol–water partition coefficient (Wildman–Crippen LogP) is 0.996. The Hall–Kier alpha value is -0.870. The molecule has 112 valence electrons. The average Bonchev–Trinajstić information content (AvgIpc) is 2.20. The fourth-order valence-corrected chi connectivity index (χ4v) is 1.80. The van der Waals surface area contributed by atoms with E-state index in [0.29, 0.717) is 25.3 Å². The highest BCUT2D eigenvalue weighted by molar-refractivity contribution is 7.54. The van der Waals surface area contributed by atoms with Crippen molar-refractivity contribution < 1.29 is 9.53 Å². The number of carbonyl (C=O) groups excluding carboxylic acids is 1. The van der Waals surface area contributed by atoms with Crippen LogP contribution in [-0.2, 0) is 9.53 Å². The minimum atomic E-state index is -0.599. The lowest BCUT2D eigenvalue weighted by molar-refractivity contribution is -0.156. The van der Waals surface area contributed by atoms with Crippen LogP contribution in [0.15, 0.2) is 4.99 Å². The molecule has 0 rings (SSSR count). The summed E-state index contributed by atoms with van der Waals surface area (Å²) < 4.78 is 5.20. The molecule has 6 nitrogen and oxygen atoms in total. The molecule has 0 spiro atoms. The topological polar surface area (TPSA) is 103 Å². The largest absolute Gasteiger partial charge is 0.459 e. The summed E-state index contributed by atoms with van der Waals surface area (Å²) in [6, 6.07) is -0.599. The molecule has 5 N–H and O–H groups in total. The molecule has 0 saturated carbocycles. The molecule has 0 aliphatic carbocycles. The van der Waals surface area contributed by atoms with Crippen LogP contribution < -0.4 is 16.6 Å². The lowest BCUT2D eigenvalue weighted by Crippen LogP contribution is -2.37. The second-order valence-electron chi connectivity index (χ2n) is 5.56. The van der Waals surface area contributed by atoms with Crippen LogP contribution in [0.4, 0.5) is 0 Å². The number of nitrogens with zero attached hydrogens (tertiary/aromatic N) is 1. The van der Waals surface area contributed by atoms with E-state index >= 15 is 0 Å². The van der Waals surface area contributed by atoms with Gasteiger partial charge in [0.1, 0.15) is 11.6 Å². The number of aliphatic imine (C=N–C) groups is 1. The maximum atomic E-state index is 11.6. The number of rotatable bonds is 6. The molecule has 0 aromatic rings. The molecular formula is C12H27N4O2P. The molecule has 0 aliphatic rings. The van der Waals surface area contributed by atoms with Crippen LogP contribution in [0.25, 0.3) is 0 Å². The molecule has 0 aliphatic heterocycles. The minimum Gasteiger partial charge on any atom is -0.459 e. The zero-order valence-electron chi connectivity index (χ0n) is 12.6. The van der Waals surface area contributed by atoms with Gasteiger partial charge in [0.05, 0.1) is 0 Å². The van der Waals surface area contributed by atoms with Crippen molar-refractivity contribution >= 4 is 20.0 Å². The van der Waals surface area contributed by atoms with Gasteiger partial charge in [-0.1, -0.05) is 0 Å². The Morgan fingerprint density at radius 3 is 2.47 bits per heavy atom. The third-order valence-corrected chi connectivity index (χ3v) is 2.68. The first-order valence-electron chi connectivity index (χ1n) is 6.34. The van der Waals surface area contributed by atoms with Crippen molar-refractivity contribution in [3.05, 3.63) is 0 Å². The summed E-state index contributed by atoms with van der Waals surface area (Å²) in [7, 11) is -0.304. The van der Waals surface area contributed by atoms with Gasteiger partial charge < -0.3 is 21.3 Å². The number of hydrogen-bond donors (Lipinski definition) is 3. The van der Waals surface area contributed by atoms with E-state index in [1.807, 2.05) is 20.8 Å². The van der Waals surface area contributed by atoms with Crippen LogP contribution in [0.1, 0.15) is 33.6 Å². The van der Waals surface area contributed by atoms with Crippen molar-refractivity contribution in [3.63, 3.8) is 0 Å². The number of hydrogen-bond acceptors (Lipinski definition) is 4. The highest BCUT2D eigenvalue weighted by Gasteiger charge is 2.21. The molecule has 0 bridgehead atoms. The monoisotopic (exact) mass is 290 g/mol. The Kier molecular flexibility index (Phi) is 7.95. The Morgan fingerprint density at radius 2 is 2.00 bits per heavy atom. The van der Waals surface area contributed by atoms with Crippen LogP contribution in [-0.4, -0.2) is 43.4 Å². The van der Waals surface area contributed by atoms with E-state index in [2.05, 4.69) is 23.4 Å². The molecule has 0 aromatic carbocycles. The van der Waals surface area contributed by atoms with Crippen LogP contribution in [0, 0.1) is 0 Å². The smallest absolute Gasteiger partial charge is 0.323 e. The number of esters is 1.